The van der Waals surface area contributed by atoms with Gasteiger partial charge in [0.25, 0.3) is 5.69 Å². The number of hydrogen-bond acceptors (Lipinski definition) is 6. The molecule has 0 spiro atoms. The van der Waals surface area contributed by atoms with Crippen LogP contribution in [0.5, 0.6) is 5.75 Å². The molecule has 0 aliphatic rings. The van der Waals surface area contributed by atoms with Crippen LogP contribution in [-0.2, 0) is 11.3 Å². The van der Waals surface area contributed by atoms with Crippen LogP contribution >= 0.6 is 0 Å². The van der Waals surface area contributed by atoms with Crippen LogP contribution < -0.4 is 4.74 Å². The fraction of sp³-hybridized carbons (Fsp3) is 0.0769. The molecule has 0 N–H and O–H groups in total. The quantitative estimate of drug-likeness (QED) is 0.368. The van der Waals surface area contributed by atoms with Gasteiger partial charge in [-0.1, -0.05) is 6.07 Å². The van der Waals surface area contributed by atoms with Crippen LogP contribution in [0.4, 0.5) is 10.5 Å². The highest BCUT2D eigenvalue weighted by atomic mass is 16.7. The molecule has 0 saturated carbocycles. The monoisotopic (exact) mass is 274 g/mol. The Morgan fingerprint density at radius 3 is 2.55 bits per heavy atom. The van der Waals surface area contributed by atoms with E-state index in [1.54, 1.807) is 24.4 Å². The van der Waals surface area contributed by atoms with Crippen molar-refractivity contribution in [2.45, 2.75) is 6.61 Å². The summed E-state index contributed by atoms with van der Waals surface area (Å²) in [5.74, 6) is 0.168. The average molecular weight is 274 g/mol. The van der Waals surface area contributed by atoms with Crippen molar-refractivity contribution in [3.05, 3.63) is 64.5 Å². The van der Waals surface area contributed by atoms with E-state index in [1.165, 1.54) is 24.3 Å². The Bertz CT molecular complexity index is 598. The summed E-state index contributed by atoms with van der Waals surface area (Å²) < 4.78 is 9.71. The molecular weight excluding hydrogens is 264 g/mol. The summed E-state index contributed by atoms with van der Waals surface area (Å²) in [6, 6.07) is 10.3. The summed E-state index contributed by atoms with van der Waals surface area (Å²) in [7, 11) is 0. The summed E-state index contributed by atoms with van der Waals surface area (Å²) in [5.41, 5.74) is 0.507. The van der Waals surface area contributed by atoms with Gasteiger partial charge >= 0.3 is 6.16 Å². The highest BCUT2D eigenvalue weighted by Gasteiger charge is 2.09. The van der Waals surface area contributed by atoms with Crippen molar-refractivity contribution in [3.8, 4) is 5.75 Å². The van der Waals surface area contributed by atoms with Gasteiger partial charge in [0.1, 0.15) is 12.4 Å². The van der Waals surface area contributed by atoms with Crippen LogP contribution in [0.2, 0.25) is 0 Å². The first-order valence-electron chi connectivity index (χ1n) is 5.64. The number of hydrogen-bond donors (Lipinski definition) is 0. The minimum atomic E-state index is -0.899. The van der Waals surface area contributed by atoms with Gasteiger partial charge in [-0.25, -0.2) is 4.79 Å². The van der Waals surface area contributed by atoms with Crippen LogP contribution in [0, 0.1) is 10.1 Å². The molecule has 1 heterocycles. The number of rotatable bonds is 4. The maximum absolute atomic E-state index is 11.4. The van der Waals surface area contributed by atoms with Crippen molar-refractivity contribution in [2.75, 3.05) is 0 Å². The first-order valence-corrected chi connectivity index (χ1v) is 5.64. The molecule has 0 aliphatic carbocycles. The Morgan fingerprint density at radius 1 is 1.20 bits per heavy atom. The van der Waals surface area contributed by atoms with Crippen LogP contribution in [0.15, 0.2) is 48.7 Å². The molecule has 0 fully saturated rings. The maximum Gasteiger partial charge on any atom is 0.514 e. The zero-order valence-electron chi connectivity index (χ0n) is 10.3. The van der Waals surface area contributed by atoms with Crippen LogP contribution in [0.1, 0.15) is 5.69 Å². The Labute approximate surface area is 113 Å². The molecule has 0 amide bonds. The molecule has 102 valence electrons. The molecule has 20 heavy (non-hydrogen) atoms. The second-order valence-corrected chi connectivity index (χ2v) is 3.71. The second-order valence-electron chi connectivity index (χ2n) is 3.71. The van der Waals surface area contributed by atoms with E-state index >= 15 is 0 Å². The summed E-state index contributed by atoms with van der Waals surface area (Å²) >= 11 is 0. The lowest BCUT2D eigenvalue weighted by Crippen LogP contribution is -2.10. The molecule has 2 rings (SSSR count). The first kappa shape index (κ1) is 13.5. The van der Waals surface area contributed by atoms with Crippen molar-refractivity contribution in [1.82, 2.24) is 4.98 Å². The predicted octanol–water partition coefficient (Wildman–Crippen LogP) is 2.71. The van der Waals surface area contributed by atoms with Gasteiger partial charge in [-0.05, 0) is 24.3 Å². The number of carbonyl (C=O) groups is 1. The zero-order chi connectivity index (χ0) is 14.4. The largest absolute Gasteiger partial charge is 0.514 e. The molecule has 2 aromatic rings. The molecule has 1 aromatic heterocycles. The third-order valence-corrected chi connectivity index (χ3v) is 2.31. The van der Waals surface area contributed by atoms with Crippen LogP contribution in [0.3, 0.4) is 0 Å². The number of nitro groups is 1. The summed E-state index contributed by atoms with van der Waals surface area (Å²) in [6.07, 6.45) is 0.685. The second kappa shape index (κ2) is 6.28. The predicted molar refractivity (Wildman–Crippen MR) is 68.1 cm³/mol. The van der Waals surface area contributed by atoms with E-state index < -0.39 is 11.1 Å². The molecule has 0 atom stereocenters. The molecule has 0 radical (unpaired) electrons. The normalized spacial score (nSPS) is 9.80. The first-order chi connectivity index (χ1) is 9.65. The van der Waals surface area contributed by atoms with Gasteiger partial charge in [-0.15, -0.1) is 0 Å². The van der Waals surface area contributed by atoms with E-state index in [1.807, 2.05) is 0 Å². The number of aromatic nitrogens is 1. The summed E-state index contributed by atoms with van der Waals surface area (Å²) in [6.45, 7) is -0.00729. The molecule has 0 bridgehead atoms. The van der Waals surface area contributed by atoms with Crippen molar-refractivity contribution in [3.63, 3.8) is 0 Å². The molecule has 0 unspecified atom stereocenters. The number of non-ortho nitro benzene ring substituents is 1. The van der Waals surface area contributed by atoms with E-state index in [4.69, 9.17) is 9.47 Å². The molecular formula is C13H10N2O5. The Morgan fingerprint density at radius 2 is 1.95 bits per heavy atom. The van der Waals surface area contributed by atoms with Gasteiger partial charge in [0.05, 0.1) is 10.6 Å². The Balaban J connectivity index is 1.86. The number of pyridine rings is 1. The SMILES string of the molecule is O=C(OCc1ccccn1)Oc1ccc([N+](=O)[O-])cc1. The van der Waals surface area contributed by atoms with Gasteiger partial charge in [0, 0.05) is 18.3 Å². The smallest absolute Gasteiger partial charge is 0.427 e. The summed E-state index contributed by atoms with van der Waals surface area (Å²) in [5, 5.41) is 10.5. The van der Waals surface area contributed by atoms with E-state index in [0.717, 1.165) is 0 Å². The van der Waals surface area contributed by atoms with E-state index in [2.05, 4.69) is 4.98 Å². The fourth-order valence-electron chi connectivity index (χ4n) is 1.38. The molecule has 1 aromatic carbocycles. The molecule has 0 aliphatic heterocycles. The molecule has 7 heteroatoms. The average Bonchev–Trinajstić information content (AvgIpc) is 2.47. The topological polar surface area (TPSA) is 91.6 Å². The highest BCUT2D eigenvalue weighted by Crippen LogP contribution is 2.17. The van der Waals surface area contributed by atoms with Crippen molar-refractivity contribution >= 4 is 11.8 Å². The van der Waals surface area contributed by atoms with E-state index in [-0.39, 0.29) is 18.0 Å². The lowest BCUT2D eigenvalue weighted by molar-refractivity contribution is -0.384. The number of carbonyl (C=O) groups excluding carboxylic acids is 1. The fourth-order valence-corrected chi connectivity index (χ4v) is 1.38. The number of benzene rings is 1. The Hall–Kier alpha value is -2.96. The van der Waals surface area contributed by atoms with Crippen molar-refractivity contribution < 1.29 is 19.2 Å². The Kier molecular flexibility index (Phi) is 4.23. The third kappa shape index (κ3) is 3.77. The lowest BCUT2D eigenvalue weighted by atomic mass is 10.3. The zero-order valence-corrected chi connectivity index (χ0v) is 10.3. The number of nitro benzene ring substituents is 1. The summed E-state index contributed by atoms with van der Waals surface area (Å²) in [4.78, 5) is 25.3. The standard InChI is InChI=1S/C13H10N2O5/c16-13(19-9-10-3-1-2-8-14-10)20-12-6-4-11(5-7-12)15(17)18/h1-8H,9H2. The molecule has 0 saturated heterocycles. The van der Waals surface area contributed by atoms with Crippen LogP contribution in [-0.4, -0.2) is 16.1 Å². The number of nitrogens with zero attached hydrogens (tertiary/aromatic N) is 2. The van der Waals surface area contributed by atoms with Gasteiger partial charge in [0.15, 0.2) is 0 Å². The van der Waals surface area contributed by atoms with Crippen molar-refractivity contribution in [1.29, 1.82) is 0 Å². The van der Waals surface area contributed by atoms with Gasteiger partial charge < -0.3 is 9.47 Å². The minimum Gasteiger partial charge on any atom is -0.427 e. The van der Waals surface area contributed by atoms with Crippen LogP contribution in [0.25, 0.3) is 0 Å². The lowest BCUT2D eigenvalue weighted by Gasteiger charge is -2.05. The minimum absolute atomic E-state index is 0.00729. The maximum atomic E-state index is 11.4. The van der Waals surface area contributed by atoms with Gasteiger partial charge in [0.2, 0.25) is 0 Å². The third-order valence-electron chi connectivity index (χ3n) is 2.31. The van der Waals surface area contributed by atoms with Gasteiger partial charge in [-0.2, -0.15) is 0 Å². The highest BCUT2D eigenvalue weighted by molar-refractivity contribution is 5.63. The van der Waals surface area contributed by atoms with Crippen molar-refractivity contribution in [2.24, 2.45) is 0 Å². The number of ether oxygens (including phenoxy) is 2. The van der Waals surface area contributed by atoms with Gasteiger partial charge in [-0.3, -0.25) is 15.1 Å². The van der Waals surface area contributed by atoms with E-state index in [9.17, 15) is 14.9 Å². The molecule has 7 nitrogen and oxygen atoms in total. The van der Waals surface area contributed by atoms with E-state index in [0.29, 0.717) is 5.69 Å².